The lowest BCUT2D eigenvalue weighted by Gasteiger charge is -2.36. The molecule has 10 heterocycles. The second kappa shape index (κ2) is 46.5. The van der Waals surface area contributed by atoms with Gasteiger partial charge in [0.1, 0.15) is 0 Å². The lowest BCUT2D eigenvalue weighted by Crippen LogP contribution is -2.61. The van der Waals surface area contributed by atoms with Gasteiger partial charge in [0, 0.05) is 0 Å². The highest BCUT2D eigenvalue weighted by atomic mass is 28.4. The van der Waals surface area contributed by atoms with Gasteiger partial charge in [-0.2, -0.15) is 0 Å². The van der Waals surface area contributed by atoms with Crippen LogP contribution in [0.25, 0.3) is 0 Å². The van der Waals surface area contributed by atoms with Crippen molar-refractivity contribution < 1.29 is 8.23 Å². The standard InChI is InChI=1S/2C32H56N8.2C20H42OSi2/c2*1-2-10-18-17(9-1)25-33-26(18)38-28-21-13-5-6-14-22(21)30(35-28)40-32-24-16-8-7-15-23(24)31(36-32)39-29-20-12-4-3-11-19(20)27(34-29)37-25;2*1-9-11-13-15-17-19(3)22(5,6)21-23(7,8)20(4)18-16-14-12-10-2/h2*17-40H,1-16H2;2*3-4,9-18H2,1-2,5-8H3. The lowest BCUT2D eigenvalue weighted by molar-refractivity contribution is 0.167. The van der Waals surface area contributed by atoms with Crippen LogP contribution in [0.5, 0.6) is 0 Å². The van der Waals surface area contributed by atoms with E-state index in [-0.39, 0.29) is 0 Å². The molecule has 0 aromatic heterocycles. The molecule has 18 fully saturated rings. The molecule has 16 atom stereocenters. The van der Waals surface area contributed by atoms with Crippen LogP contribution in [0.2, 0.25) is 52.4 Å². The smallest absolute Gasteiger partial charge is 0.201 e. The molecule has 720 valence electrons. The van der Waals surface area contributed by atoms with Gasteiger partial charge in [0.05, 0.1) is 98.7 Å². The maximum absolute atomic E-state index is 6.74. The molecule has 18 nitrogen and oxygen atoms in total. The van der Waals surface area contributed by atoms with E-state index in [2.05, 4.69) is 191 Å². The largest absolute Gasteiger partial charge is 0.449 e. The quantitative estimate of drug-likeness (QED) is 0.0259. The van der Waals surface area contributed by atoms with E-state index in [1.807, 2.05) is 0 Å². The van der Waals surface area contributed by atoms with Crippen molar-refractivity contribution in [2.24, 2.45) is 94.7 Å². The molecule has 8 saturated carbocycles. The molecule has 10 aliphatic heterocycles. The van der Waals surface area contributed by atoms with Gasteiger partial charge in [-0.15, -0.1) is 26.3 Å². The molecule has 22 heteroatoms. The third kappa shape index (κ3) is 24.3. The van der Waals surface area contributed by atoms with Crippen molar-refractivity contribution >= 4 is 33.3 Å². The van der Waals surface area contributed by atoms with E-state index < -0.39 is 33.3 Å². The molecule has 0 aromatic rings. The molecular weight excluding hydrogens is 1620 g/mol. The van der Waals surface area contributed by atoms with Crippen LogP contribution in [0.3, 0.4) is 0 Å². The summed E-state index contributed by atoms with van der Waals surface area (Å²) in [5, 5.41) is 73.1. The average Bonchev–Trinajstić information content (AvgIpc) is 1.60. The van der Waals surface area contributed by atoms with Gasteiger partial charge < -0.3 is 8.23 Å². The summed E-state index contributed by atoms with van der Waals surface area (Å²) in [7, 11) is -7.25. The number of fused-ring (bicyclic) bond motifs is 40. The second-order valence-electron chi connectivity index (χ2n) is 47.1. The molecule has 0 aromatic carbocycles. The van der Waals surface area contributed by atoms with Crippen LogP contribution in [0.15, 0.2) is 47.1 Å². The minimum atomic E-state index is -1.81. The van der Waals surface area contributed by atoms with E-state index in [0.29, 0.717) is 98.7 Å². The van der Waals surface area contributed by atoms with E-state index in [9.17, 15) is 0 Å². The third-order valence-corrected chi connectivity index (χ3v) is 53.3. The Hall–Kier alpha value is -0.892. The number of hydrogen-bond acceptors (Lipinski definition) is 18. The monoisotopic (exact) mass is 1810 g/mol. The first-order valence-electron chi connectivity index (χ1n) is 55.2. The molecule has 10 saturated heterocycles. The minimum Gasteiger partial charge on any atom is -0.449 e. The van der Waals surface area contributed by atoms with Crippen LogP contribution in [0.4, 0.5) is 0 Å². The lowest BCUT2D eigenvalue weighted by atomic mass is 9.76. The van der Waals surface area contributed by atoms with Gasteiger partial charge in [-0.3, -0.25) is 85.1 Å². The Labute approximate surface area is 776 Å². The summed E-state index contributed by atoms with van der Waals surface area (Å²) in [4.78, 5) is 0. The van der Waals surface area contributed by atoms with Crippen molar-refractivity contribution in [1.82, 2.24) is 85.1 Å². The maximum Gasteiger partial charge on any atom is 0.201 e. The Balaban J connectivity index is 0.000000135. The summed E-state index contributed by atoms with van der Waals surface area (Å²) in [6.07, 6.45) is 76.6. The Morgan fingerprint density at radius 2 is 0.286 bits per heavy atom. The molecule has 0 amide bonds. The zero-order chi connectivity index (χ0) is 88.3. The van der Waals surface area contributed by atoms with Crippen LogP contribution in [0, 0.1) is 94.7 Å². The van der Waals surface area contributed by atoms with E-state index >= 15 is 0 Å². The van der Waals surface area contributed by atoms with Crippen LogP contribution < -0.4 is 85.1 Å². The molecule has 16 unspecified atom stereocenters. The van der Waals surface area contributed by atoms with Crippen molar-refractivity contribution in [2.75, 3.05) is 0 Å². The van der Waals surface area contributed by atoms with E-state index in [4.69, 9.17) is 8.23 Å². The van der Waals surface area contributed by atoms with Crippen LogP contribution in [-0.4, -0.2) is 132 Å². The normalized spacial score (nSPS) is 41.1. The molecular formula is C104H196N16O2Si4. The Bertz CT molecular complexity index is 2690. The highest BCUT2D eigenvalue weighted by molar-refractivity contribution is 6.92. The molecule has 16 bridgehead atoms. The van der Waals surface area contributed by atoms with E-state index in [1.165, 1.54) is 329 Å². The zero-order valence-electron chi connectivity index (χ0n) is 82.9. The van der Waals surface area contributed by atoms with Gasteiger partial charge >= 0.3 is 0 Å². The van der Waals surface area contributed by atoms with Gasteiger partial charge in [0.15, 0.2) is 0 Å². The first-order chi connectivity index (χ1) is 60.9. The number of unbranched alkanes of at least 4 members (excludes halogenated alkanes) is 12. The fraction of sp³-hybridized carbons (Fsp3) is 0.923. The average molecular weight is 1820 g/mol. The third-order valence-electron chi connectivity index (χ3n) is 37.3. The second-order valence-corrected chi connectivity index (χ2v) is 63.7. The van der Waals surface area contributed by atoms with Gasteiger partial charge in [-0.1, -0.05) is 228 Å². The van der Waals surface area contributed by atoms with E-state index in [1.54, 1.807) is 0 Å². The van der Waals surface area contributed by atoms with Crippen molar-refractivity contribution in [2.45, 2.75) is 513 Å². The van der Waals surface area contributed by atoms with Crippen molar-refractivity contribution in [1.29, 1.82) is 0 Å². The summed E-state index contributed by atoms with van der Waals surface area (Å²) in [5.74, 6) is 11.9. The number of nitrogens with one attached hydrogen (secondary N) is 16. The van der Waals surface area contributed by atoms with Crippen molar-refractivity contribution in [3.8, 4) is 0 Å². The highest BCUT2D eigenvalue weighted by Gasteiger charge is 2.58. The summed E-state index contributed by atoms with van der Waals surface area (Å²) in [6, 6.07) is 0. The summed E-state index contributed by atoms with van der Waals surface area (Å²) in [6.45, 7) is 45.2. The molecule has 0 spiro atoms. The van der Waals surface area contributed by atoms with Gasteiger partial charge in [0.2, 0.25) is 33.3 Å². The molecule has 8 aliphatic carbocycles. The minimum absolute atomic E-state index is 0.420. The summed E-state index contributed by atoms with van der Waals surface area (Å²) < 4.78 is 13.5. The predicted octanol–water partition coefficient (Wildman–Crippen LogP) is 20.3. The molecule has 126 heavy (non-hydrogen) atoms. The topological polar surface area (TPSA) is 211 Å². The van der Waals surface area contributed by atoms with Gasteiger partial charge in [0.25, 0.3) is 0 Å². The van der Waals surface area contributed by atoms with Crippen LogP contribution >= 0.6 is 0 Å². The molecule has 18 aliphatic rings. The number of rotatable bonds is 28. The maximum atomic E-state index is 6.74. The van der Waals surface area contributed by atoms with Gasteiger partial charge in [-0.25, -0.2) is 0 Å². The fourth-order valence-corrected chi connectivity index (χ4v) is 45.4. The van der Waals surface area contributed by atoms with Crippen LogP contribution in [-0.2, 0) is 8.23 Å². The number of hydrogen-bond donors (Lipinski definition) is 16. The SMILES string of the molecule is C1CCC2C3NC(NC4NC(NC5NC(NC6NC(N3)C3CCCCC63)C3CCCCC53)C3CCCCC43)C2C1.C1CCC2C3NC(NC4NC(NC5NC(NC6NC(N3)C3CCCCC63)C3CCCCC53)C3CCCCC43)C2C1.C=C(CCCCCC)[Si](C)(C)O[Si](C)(C)C(=C)CCCCCC.C=C(CCCCCC)[Si](C)(C)O[Si](C)(C)C(=C)CCCCCC. The summed E-state index contributed by atoms with van der Waals surface area (Å²) in [5.41, 5.74) is 0. The molecule has 16 N–H and O–H groups in total. The Morgan fingerprint density at radius 1 is 0.183 bits per heavy atom. The highest BCUT2D eigenvalue weighted by Crippen LogP contribution is 2.50. The van der Waals surface area contributed by atoms with Crippen molar-refractivity contribution in [3.63, 3.8) is 0 Å². The fourth-order valence-electron chi connectivity index (χ4n) is 29.8. The Morgan fingerprint density at radius 3 is 0.381 bits per heavy atom. The number of allylic oxidation sites excluding steroid dienone is 4. The van der Waals surface area contributed by atoms with E-state index in [0.717, 1.165) is 120 Å². The Kier molecular flexibility index (Phi) is 36.8. The first kappa shape index (κ1) is 99.6. The zero-order valence-corrected chi connectivity index (χ0v) is 86.9. The summed E-state index contributed by atoms with van der Waals surface area (Å²) >= 11 is 0. The van der Waals surface area contributed by atoms with Crippen molar-refractivity contribution in [3.05, 3.63) is 47.1 Å². The first-order valence-corrected chi connectivity index (χ1v) is 66.9. The molecule has 18 rings (SSSR count). The molecule has 0 radical (unpaired) electrons. The van der Waals surface area contributed by atoms with Crippen LogP contribution in [0.1, 0.15) is 362 Å². The van der Waals surface area contributed by atoms with Gasteiger partial charge in [-0.05, 0) is 301 Å². The predicted molar refractivity (Wildman–Crippen MR) is 538 cm³/mol.